The van der Waals surface area contributed by atoms with Crippen LogP contribution in [-0.4, -0.2) is 33.0 Å². The molecule has 0 fully saturated rings. The number of nitrogens with one attached hydrogen (secondary N) is 1. The normalized spacial score (nSPS) is 13.0. The molecule has 0 aliphatic carbocycles. The van der Waals surface area contributed by atoms with Gasteiger partial charge in [0.25, 0.3) is 5.91 Å². The lowest BCUT2D eigenvalue weighted by Crippen LogP contribution is -2.41. The third kappa shape index (κ3) is 5.28. The number of carboxylic acid groups (broad SMARTS) is 1. The number of rotatable bonds is 7. The Morgan fingerprint density at radius 1 is 1.12 bits per heavy atom. The molecule has 2 N–H and O–H groups in total. The molecular formula is C17H16BrNO4S. The zero-order valence-corrected chi connectivity index (χ0v) is 15.0. The first-order valence-corrected chi connectivity index (χ1v) is 9.31. The van der Waals surface area contributed by atoms with Crippen molar-refractivity contribution >= 4 is 38.6 Å². The summed E-state index contributed by atoms with van der Waals surface area (Å²) in [7, 11) is -1.31. The van der Waals surface area contributed by atoms with Gasteiger partial charge in [0.2, 0.25) is 0 Å². The van der Waals surface area contributed by atoms with E-state index in [0.29, 0.717) is 10.5 Å². The monoisotopic (exact) mass is 409 g/mol. The Balaban J connectivity index is 1.98. The van der Waals surface area contributed by atoms with Crippen LogP contribution in [0.3, 0.4) is 0 Å². The number of hydrogen-bond donors (Lipinski definition) is 2. The van der Waals surface area contributed by atoms with Gasteiger partial charge in [-0.05, 0) is 36.8 Å². The number of carboxylic acids is 1. The molecule has 0 aromatic heterocycles. The smallest absolute Gasteiger partial charge is 0.326 e. The van der Waals surface area contributed by atoms with Crippen LogP contribution in [-0.2, 0) is 15.6 Å². The summed E-state index contributed by atoms with van der Waals surface area (Å²) in [5.41, 5.74) is 0.361. The molecule has 0 heterocycles. The van der Waals surface area contributed by atoms with Gasteiger partial charge in [-0.25, -0.2) is 4.79 Å². The van der Waals surface area contributed by atoms with Crippen LogP contribution < -0.4 is 5.32 Å². The Bertz CT molecular complexity index is 751. The predicted octanol–water partition coefficient (Wildman–Crippen LogP) is 2.83. The van der Waals surface area contributed by atoms with Crippen LogP contribution >= 0.6 is 15.9 Å². The molecular weight excluding hydrogens is 394 g/mol. The van der Waals surface area contributed by atoms with E-state index >= 15 is 0 Å². The predicted molar refractivity (Wildman–Crippen MR) is 95.4 cm³/mol. The van der Waals surface area contributed by atoms with E-state index in [1.807, 2.05) is 6.07 Å². The van der Waals surface area contributed by atoms with E-state index in [9.17, 15) is 18.9 Å². The number of carbonyl (C=O) groups excluding carboxylic acids is 1. The summed E-state index contributed by atoms with van der Waals surface area (Å²) in [6, 6.07) is 14.4. The average molecular weight is 410 g/mol. The van der Waals surface area contributed by atoms with Gasteiger partial charge in [0.05, 0.1) is 10.8 Å². The summed E-state index contributed by atoms with van der Waals surface area (Å²) >= 11 is 3.26. The fraction of sp³-hybridized carbons (Fsp3) is 0.176. The summed E-state index contributed by atoms with van der Waals surface area (Å²) in [6.07, 6.45) is 0.0799. The minimum Gasteiger partial charge on any atom is -0.480 e. The van der Waals surface area contributed by atoms with Crippen LogP contribution in [0.5, 0.6) is 0 Å². The highest BCUT2D eigenvalue weighted by molar-refractivity contribution is 9.10. The van der Waals surface area contributed by atoms with Gasteiger partial charge in [-0.3, -0.25) is 9.00 Å². The maximum atomic E-state index is 12.2. The maximum Gasteiger partial charge on any atom is 0.326 e. The molecule has 0 bridgehead atoms. The van der Waals surface area contributed by atoms with Crippen molar-refractivity contribution in [1.82, 2.24) is 5.32 Å². The Morgan fingerprint density at radius 2 is 1.83 bits per heavy atom. The highest BCUT2D eigenvalue weighted by Gasteiger charge is 2.21. The van der Waals surface area contributed by atoms with Crippen molar-refractivity contribution in [2.75, 3.05) is 5.75 Å². The second-order valence-electron chi connectivity index (χ2n) is 5.03. The minimum absolute atomic E-state index is 0.0799. The van der Waals surface area contributed by atoms with E-state index in [1.165, 1.54) is 0 Å². The van der Waals surface area contributed by atoms with Crippen LogP contribution in [0, 0.1) is 0 Å². The van der Waals surface area contributed by atoms with Crippen LogP contribution in [0.2, 0.25) is 0 Å². The molecule has 24 heavy (non-hydrogen) atoms. The zero-order chi connectivity index (χ0) is 17.5. The van der Waals surface area contributed by atoms with Gasteiger partial charge in [0.15, 0.2) is 0 Å². The molecule has 7 heteroatoms. The molecule has 0 aliphatic rings. The third-order valence-corrected chi connectivity index (χ3v) is 5.19. The largest absolute Gasteiger partial charge is 0.480 e. The van der Waals surface area contributed by atoms with Gasteiger partial charge in [-0.15, -0.1) is 0 Å². The number of halogens is 1. The third-order valence-electron chi connectivity index (χ3n) is 3.29. The molecule has 0 saturated heterocycles. The summed E-state index contributed by atoms with van der Waals surface area (Å²) in [5.74, 6) is -1.47. The summed E-state index contributed by atoms with van der Waals surface area (Å²) in [5, 5.41) is 11.8. The van der Waals surface area contributed by atoms with Gasteiger partial charge in [0, 0.05) is 20.7 Å². The quantitative estimate of drug-likeness (QED) is 0.736. The summed E-state index contributed by atoms with van der Waals surface area (Å²) < 4.78 is 12.9. The Kier molecular flexibility index (Phi) is 6.69. The van der Waals surface area contributed by atoms with Crippen molar-refractivity contribution in [2.24, 2.45) is 0 Å². The molecule has 0 aliphatic heterocycles. The van der Waals surface area contributed by atoms with Gasteiger partial charge in [-0.2, -0.15) is 0 Å². The first kappa shape index (κ1) is 18.4. The number of hydrogen-bond acceptors (Lipinski definition) is 3. The van der Waals surface area contributed by atoms with E-state index < -0.39 is 28.7 Å². The zero-order valence-electron chi connectivity index (χ0n) is 12.6. The second-order valence-corrected chi connectivity index (χ2v) is 7.51. The van der Waals surface area contributed by atoms with Gasteiger partial charge in [0.1, 0.15) is 6.04 Å². The fourth-order valence-electron chi connectivity index (χ4n) is 2.04. The molecule has 2 rings (SSSR count). The highest BCUT2D eigenvalue weighted by atomic mass is 79.9. The molecule has 5 nitrogen and oxygen atoms in total. The molecule has 2 aromatic rings. The Morgan fingerprint density at radius 3 is 2.46 bits per heavy atom. The first-order valence-electron chi connectivity index (χ1n) is 7.20. The minimum atomic E-state index is -1.31. The Hall–Kier alpha value is -1.99. The average Bonchev–Trinajstić information content (AvgIpc) is 2.58. The number of amides is 1. The van der Waals surface area contributed by atoms with Crippen LogP contribution in [0.1, 0.15) is 16.8 Å². The molecule has 126 valence electrons. The molecule has 0 spiro atoms. The van der Waals surface area contributed by atoms with Gasteiger partial charge in [-0.1, -0.05) is 40.2 Å². The van der Waals surface area contributed by atoms with Crippen LogP contribution in [0.4, 0.5) is 0 Å². The van der Waals surface area contributed by atoms with E-state index in [-0.39, 0.29) is 12.2 Å². The Labute approximate surface area is 150 Å². The lowest BCUT2D eigenvalue weighted by Gasteiger charge is -2.14. The van der Waals surface area contributed by atoms with Crippen molar-refractivity contribution in [3.63, 3.8) is 0 Å². The van der Waals surface area contributed by atoms with E-state index in [1.54, 1.807) is 48.5 Å². The second kappa shape index (κ2) is 8.75. The number of benzene rings is 2. The molecule has 0 radical (unpaired) electrons. The number of aliphatic carboxylic acids is 1. The lowest BCUT2D eigenvalue weighted by atomic mass is 10.1. The molecule has 2 atom stereocenters. The standard InChI is InChI=1S/C17H16BrNO4S/c18-13-6-4-5-12(11-13)16(20)19-15(17(21)22)9-10-24(23)14-7-2-1-3-8-14/h1-8,11,15H,9-10H2,(H,19,20)(H,21,22)/t15-,24+/m1/s1. The molecule has 2 aromatic carbocycles. The van der Waals surface area contributed by atoms with Gasteiger partial charge >= 0.3 is 5.97 Å². The fourth-order valence-corrected chi connectivity index (χ4v) is 3.59. The van der Waals surface area contributed by atoms with Crippen molar-refractivity contribution in [3.8, 4) is 0 Å². The van der Waals surface area contributed by atoms with E-state index in [0.717, 1.165) is 4.47 Å². The highest BCUT2D eigenvalue weighted by Crippen LogP contribution is 2.12. The van der Waals surface area contributed by atoms with Crippen LogP contribution in [0.15, 0.2) is 64.0 Å². The molecule has 0 unspecified atom stereocenters. The van der Waals surface area contributed by atoms with Crippen molar-refractivity contribution < 1.29 is 18.9 Å². The lowest BCUT2D eigenvalue weighted by molar-refractivity contribution is -0.139. The van der Waals surface area contributed by atoms with Crippen LogP contribution in [0.25, 0.3) is 0 Å². The van der Waals surface area contributed by atoms with Crippen molar-refractivity contribution in [3.05, 3.63) is 64.6 Å². The first-order chi connectivity index (χ1) is 11.5. The molecule has 0 saturated carbocycles. The summed E-state index contributed by atoms with van der Waals surface area (Å²) in [4.78, 5) is 24.2. The topological polar surface area (TPSA) is 83.5 Å². The van der Waals surface area contributed by atoms with Crippen molar-refractivity contribution in [2.45, 2.75) is 17.4 Å². The van der Waals surface area contributed by atoms with E-state index in [4.69, 9.17) is 0 Å². The van der Waals surface area contributed by atoms with Crippen molar-refractivity contribution in [1.29, 1.82) is 0 Å². The number of carbonyl (C=O) groups is 2. The SMILES string of the molecule is O=C(N[C@H](CC[S@](=O)c1ccccc1)C(=O)O)c1cccc(Br)c1. The van der Waals surface area contributed by atoms with Gasteiger partial charge < -0.3 is 10.4 Å². The molecule has 1 amide bonds. The van der Waals surface area contributed by atoms with E-state index in [2.05, 4.69) is 21.2 Å². The maximum absolute atomic E-state index is 12.2. The summed E-state index contributed by atoms with van der Waals surface area (Å²) in [6.45, 7) is 0.